The van der Waals surface area contributed by atoms with E-state index in [4.69, 9.17) is 15.1 Å². The van der Waals surface area contributed by atoms with Gasteiger partial charge in [0, 0.05) is 11.3 Å². The highest BCUT2D eigenvalue weighted by Crippen LogP contribution is 2.19. The lowest BCUT2D eigenvalue weighted by Crippen LogP contribution is -2.07. The fourth-order valence-electron chi connectivity index (χ4n) is 1.70. The van der Waals surface area contributed by atoms with Crippen LogP contribution in [0.15, 0.2) is 30.3 Å². The number of aromatic carboxylic acids is 1. The van der Waals surface area contributed by atoms with E-state index < -0.39 is 11.8 Å². The summed E-state index contributed by atoms with van der Waals surface area (Å²) in [5.74, 6) is -1.73. The van der Waals surface area contributed by atoms with E-state index in [0.717, 1.165) is 6.07 Å². The second kappa shape index (κ2) is 6.01. The topological polar surface area (TPSA) is 83.2 Å². The van der Waals surface area contributed by atoms with Gasteiger partial charge in [0.05, 0.1) is 11.6 Å². The van der Waals surface area contributed by atoms with Gasteiger partial charge in [-0.15, -0.1) is 0 Å². The summed E-state index contributed by atoms with van der Waals surface area (Å²) >= 11 is 0. The average molecular weight is 286 g/mol. The first-order chi connectivity index (χ1) is 10.0. The number of aromatic nitrogens is 1. The van der Waals surface area contributed by atoms with Crippen molar-refractivity contribution in [2.24, 2.45) is 0 Å². The Hall–Kier alpha value is -2.94. The summed E-state index contributed by atoms with van der Waals surface area (Å²) in [5, 5.41) is 17.7. The summed E-state index contributed by atoms with van der Waals surface area (Å²) in [6, 6.07) is 8.91. The van der Waals surface area contributed by atoms with E-state index >= 15 is 0 Å². The van der Waals surface area contributed by atoms with Crippen LogP contribution in [0.25, 0.3) is 0 Å². The van der Waals surface area contributed by atoms with Crippen LogP contribution >= 0.6 is 0 Å². The van der Waals surface area contributed by atoms with Gasteiger partial charge in [-0.1, -0.05) is 6.07 Å². The van der Waals surface area contributed by atoms with Crippen molar-refractivity contribution in [2.75, 3.05) is 0 Å². The van der Waals surface area contributed by atoms with E-state index in [-0.39, 0.29) is 29.2 Å². The molecule has 2 rings (SSSR count). The number of benzene rings is 1. The minimum atomic E-state index is -1.21. The highest BCUT2D eigenvalue weighted by atomic mass is 19.1. The van der Waals surface area contributed by atoms with Crippen molar-refractivity contribution in [1.82, 2.24) is 4.98 Å². The molecule has 0 spiro atoms. The van der Waals surface area contributed by atoms with Gasteiger partial charge >= 0.3 is 5.97 Å². The van der Waals surface area contributed by atoms with Crippen LogP contribution in [0.3, 0.4) is 0 Å². The van der Waals surface area contributed by atoms with E-state index in [9.17, 15) is 9.18 Å². The summed E-state index contributed by atoms with van der Waals surface area (Å²) in [5.41, 5.74) is 0.763. The molecule has 0 aliphatic heterocycles. The Morgan fingerprint density at radius 3 is 2.81 bits per heavy atom. The lowest BCUT2D eigenvalue weighted by atomic mass is 10.1. The number of aryl methyl sites for hydroxylation is 1. The zero-order valence-corrected chi connectivity index (χ0v) is 11.1. The van der Waals surface area contributed by atoms with E-state index in [1.54, 1.807) is 13.0 Å². The number of hydrogen-bond donors (Lipinski definition) is 1. The lowest BCUT2D eigenvalue weighted by molar-refractivity contribution is 0.0684. The van der Waals surface area contributed by atoms with Crippen LogP contribution in [-0.2, 0) is 6.61 Å². The number of pyridine rings is 1. The minimum absolute atomic E-state index is 0.0665. The van der Waals surface area contributed by atoms with Crippen LogP contribution in [-0.4, -0.2) is 16.1 Å². The van der Waals surface area contributed by atoms with Crippen molar-refractivity contribution in [3.8, 4) is 11.8 Å². The van der Waals surface area contributed by atoms with Crippen LogP contribution in [0.2, 0.25) is 0 Å². The molecule has 0 atom stereocenters. The van der Waals surface area contributed by atoms with Crippen LogP contribution < -0.4 is 4.74 Å². The monoisotopic (exact) mass is 286 g/mol. The largest absolute Gasteiger partial charge is 0.486 e. The zero-order chi connectivity index (χ0) is 15.4. The van der Waals surface area contributed by atoms with Gasteiger partial charge in [-0.2, -0.15) is 5.26 Å². The standard InChI is InChI=1S/C15H11FN2O3/c1-9-2-5-13(14(18-9)15(19)20)21-8-11-4-3-10(7-17)6-12(11)16/h2-6H,8H2,1H3,(H,19,20). The second-order valence-corrected chi connectivity index (χ2v) is 4.31. The van der Waals surface area contributed by atoms with E-state index in [2.05, 4.69) is 4.98 Å². The van der Waals surface area contributed by atoms with Crippen molar-refractivity contribution < 1.29 is 19.0 Å². The zero-order valence-electron chi connectivity index (χ0n) is 11.1. The summed E-state index contributed by atoms with van der Waals surface area (Å²) < 4.78 is 19.0. The minimum Gasteiger partial charge on any atom is -0.486 e. The number of ether oxygens (including phenoxy) is 1. The first-order valence-electron chi connectivity index (χ1n) is 6.03. The predicted octanol–water partition coefficient (Wildman–Crippen LogP) is 2.68. The molecule has 0 amide bonds. The highest BCUT2D eigenvalue weighted by Gasteiger charge is 2.14. The summed E-state index contributed by atoms with van der Waals surface area (Å²) in [7, 11) is 0. The maximum Gasteiger partial charge on any atom is 0.358 e. The van der Waals surface area contributed by atoms with Crippen LogP contribution in [0.1, 0.15) is 27.3 Å². The molecule has 0 unspecified atom stereocenters. The van der Waals surface area contributed by atoms with Gasteiger partial charge in [-0.3, -0.25) is 0 Å². The Bertz CT molecular complexity index is 738. The number of nitriles is 1. The molecule has 0 aliphatic carbocycles. The smallest absolute Gasteiger partial charge is 0.358 e. The molecular weight excluding hydrogens is 275 g/mol. The van der Waals surface area contributed by atoms with Crippen molar-refractivity contribution in [3.05, 3.63) is 58.7 Å². The lowest BCUT2D eigenvalue weighted by Gasteiger charge is -2.10. The number of halogens is 1. The molecule has 1 aromatic carbocycles. The molecule has 0 fully saturated rings. The molecule has 5 nitrogen and oxygen atoms in total. The normalized spacial score (nSPS) is 9.95. The van der Waals surface area contributed by atoms with Crippen LogP contribution in [0.4, 0.5) is 4.39 Å². The van der Waals surface area contributed by atoms with Gasteiger partial charge in [0.25, 0.3) is 0 Å². The SMILES string of the molecule is Cc1ccc(OCc2ccc(C#N)cc2F)c(C(=O)O)n1. The Labute approximate surface area is 120 Å². The Kier molecular flexibility index (Phi) is 4.14. The summed E-state index contributed by atoms with van der Waals surface area (Å²) in [4.78, 5) is 15.0. The molecule has 0 saturated heterocycles. The third kappa shape index (κ3) is 3.34. The Morgan fingerprint density at radius 2 is 2.19 bits per heavy atom. The molecule has 0 aliphatic rings. The first kappa shape index (κ1) is 14.5. The fourth-order valence-corrected chi connectivity index (χ4v) is 1.70. The fraction of sp³-hybridized carbons (Fsp3) is 0.133. The van der Waals surface area contributed by atoms with Gasteiger partial charge < -0.3 is 9.84 Å². The number of nitrogens with zero attached hydrogens (tertiary/aromatic N) is 2. The molecule has 0 bridgehead atoms. The van der Waals surface area contributed by atoms with Crippen molar-refractivity contribution in [3.63, 3.8) is 0 Å². The maximum atomic E-state index is 13.7. The molecular formula is C15H11FN2O3. The summed E-state index contributed by atoms with van der Waals surface area (Å²) in [6.07, 6.45) is 0. The quantitative estimate of drug-likeness (QED) is 0.934. The number of carboxylic acid groups (broad SMARTS) is 1. The average Bonchev–Trinajstić information content (AvgIpc) is 2.46. The molecule has 6 heteroatoms. The van der Waals surface area contributed by atoms with Crippen molar-refractivity contribution >= 4 is 5.97 Å². The van der Waals surface area contributed by atoms with Gasteiger partial charge in [-0.05, 0) is 31.2 Å². The highest BCUT2D eigenvalue weighted by molar-refractivity contribution is 5.88. The van der Waals surface area contributed by atoms with Crippen molar-refractivity contribution in [1.29, 1.82) is 5.26 Å². The van der Waals surface area contributed by atoms with Crippen LogP contribution in [0, 0.1) is 24.1 Å². The molecule has 0 saturated carbocycles. The molecule has 2 aromatic rings. The van der Waals surface area contributed by atoms with Gasteiger partial charge in [-0.25, -0.2) is 14.2 Å². The molecule has 1 aromatic heterocycles. The van der Waals surface area contributed by atoms with E-state index in [0.29, 0.717) is 5.69 Å². The van der Waals surface area contributed by atoms with Gasteiger partial charge in [0.2, 0.25) is 0 Å². The maximum absolute atomic E-state index is 13.7. The third-order valence-corrected chi connectivity index (χ3v) is 2.77. The van der Waals surface area contributed by atoms with Gasteiger partial charge in [0.1, 0.15) is 12.4 Å². The Morgan fingerprint density at radius 1 is 1.43 bits per heavy atom. The second-order valence-electron chi connectivity index (χ2n) is 4.31. The molecule has 106 valence electrons. The molecule has 1 heterocycles. The molecule has 0 radical (unpaired) electrons. The Balaban J connectivity index is 2.21. The van der Waals surface area contributed by atoms with Crippen molar-refractivity contribution in [2.45, 2.75) is 13.5 Å². The van der Waals surface area contributed by atoms with E-state index in [1.807, 2.05) is 6.07 Å². The third-order valence-electron chi connectivity index (χ3n) is 2.77. The van der Waals surface area contributed by atoms with E-state index in [1.165, 1.54) is 18.2 Å². The summed E-state index contributed by atoms with van der Waals surface area (Å²) in [6.45, 7) is 1.51. The predicted molar refractivity (Wildman–Crippen MR) is 71.4 cm³/mol. The number of rotatable bonds is 4. The number of carboxylic acids is 1. The first-order valence-corrected chi connectivity index (χ1v) is 6.03. The number of carbonyl (C=O) groups is 1. The van der Waals surface area contributed by atoms with Crippen LogP contribution in [0.5, 0.6) is 5.75 Å². The number of hydrogen-bond acceptors (Lipinski definition) is 4. The molecule has 1 N–H and O–H groups in total. The van der Waals surface area contributed by atoms with Gasteiger partial charge in [0.15, 0.2) is 11.4 Å². The molecule has 21 heavy (non-hydrogen) atoms.